The third-order valence-electron chi connectivity index (χ3n) is 6.49. The summed E-state index contributed by atoms with van der Waals surface area (Å²) >= 11 is 0. The lowest BCUT2D eigenvalue weighted by Crippen LogP contribution is -2.46. The highest BCUT2D eigenvalue weighted by Gasteiger charge is 2.33. The van der Waals surface area contributed by atoms with Crippen molar-refractivity contribution in [2.75, 3.05) is 13.1 Å². The largest absolute Gasteiger partial charge is 0.416 e. The number of hydrogen-bond donors (Lipinski definition) is 1. The van der Waals surface area contributed by atoms with E-state index in [1.54, 1.807) is 30.7 Å². The number of rotatable bonds is 7. The molecule has 1 aliphatic rings. The second-order valence-corrected chi connectivity index (χ2v) is 11.0. The zero-order chi connectivity index (χ0) is 25.9. The number of nitrogens with one attached hydrogen (secondary N) is 1. The van der Waals surface area contributed by atoms with E-state index in [-0.39, 0.29) is 17.0 Å². The van der Waals surface area contributed by atoms with Crippen LogP contribution in [-0.4, -0.2) is 42.4 Å². The smallest absolute Gasteiger partial charge is 0.291 e. The highest BCUT2D eigenvalue weighted by atomic mass is 32.2. The molecule has 0 amide bonds. The minimum atomic E-state index is -4.41. The first-order chi connectivity index (χ1) is 17.0. The lowest BCUT2D eigenvalue weighted by Gasteiger charge is -2.37. The molecular formula is C26H29F3N4O2S. The number of aromatic nitrogens is 2. The van der Waals surface area contributed by atoms with Crippen LogP contribution in [0, 0.1) is 0 Å². The van der Waals surface area contributed by atoms with Gasteiger partial charge >= 0.3 is 6.18 Å². The fraction of sp³-hybridized carbons (Fsp3) is 0.385. The van der Waals surface area contributed by atoms with Crippen molar-refractivity contribution < 1.29 is 21.6 Å². The minimum Gasteiger partial charge on any atom is -0.291 e. The van der Waals surface area contributed by atoms with Crippen molar-refractivity contribution >= 4 is 10.0 Å². The lowest BCUT2D eigenvalue weighted by atomic mass is 9.96. The molecule has 2 aromatic carbocycles. The average Bonchev–Trinajstić information content (AvgIpc) is 2.85. The fourth-order valence-electron chi connectivity index (χ4n) is 4.47. The van der Waals surface area contributed by atoms with Crippen LogP contribution in [0.15, 0.2) is 72.0 Å². The van der Waals surface area contributed by atoms with E-state index in [2.05, 4.69) is 33.4 Å². The van der Waals surface area contributed by atoms with E-state index in [4.69, 9.17) is 0 Å². The Morgan fingerprint density at radius 2 is 1.56 bits per heavy atom. The number of alkyl halides is 3. The number of hydrogen-bond acceptors (Lipinski definition) is 5. The molecule has 3 aromatic rings. The summed E-state index contributed by atoms with van der Waals surface area (Å²) in [4.78, 5) is 10.9. The standard InChI is InChI=1S/C26H29F3N4O2S/c1-18(2)19-5-9-23(10-6-19)36(34,35)32-22-11-15-33(16-12-22)25(24-17-30-13-14-31-24)20-3-7-21(8-4-20)26(27,28)29/h3-10,13-14,17-18,22,25,32H,11-12,15-16H2,1-2H3. The van der Waals surface area contributed by atoms with Crippen LogP contribution in [0.4, 0.5) is 13.2 Å². The zero-order valence-corrected chi connectivity index (χ0v) is 20.9. The first-order valence-electron chi connectivity index (χ1n) is 11.8. The highest BCUT2D eigenvalue weighted by molar-refractivity contribution is 7.89. The van der Waals surface area contributed by atoms with Gasteiger partial charge in [0.15, 0.2) is 0 Å². The van der Waals surface area contributed by atoms with Crippen molar-refractivity contribution in [3.8, 4) is 0 Å². The molecule has 1 unspecified atom stereocenters. The van der Waals surface area contributed by atoms with E-state index < -0.39 is 21.8 Å². The molecule has 0 saturated carbocycles. The molecule has 1 fully saturated rings. The average molecular weight is 519 g/mol. The van der Waals surface area contributed by atoms with E-state index in [1.807, 2.05) is 12.1 Å². The van der Waals surface area contributed by atoms with Gasteiger partial charge in [-0.1, -0.05) is 38.1 Å². The molecule has 36 heavy (non-hydrogen) atoms. The van der Waals surface area contributed by atoms with Gasteiger partial charge in [-0.2, -0.15) is 13.2 Å². The van der Waals surface area contributed by atoms with Gasteiger partial charge in [0.1, 0.15) is 0 Å². The Bertz CT molecular complexity index is 1240. The minimum absolute atomic E-state index is 0.233. The van der Waals surface area contributed by atoms with Crippen molar-refractivity contribution in [3.05, 3.63) is 89.5 Å². The molecule has 0 radical (unpaired) electrons. The summed E-state index contributed by atoms with van der Waals surface area (Å²) in [6, 6.07) is 11.4. The predicted molar refractivity (Wildman–Crippen MR) is 131 cm³/mol. The number of nitrogens with zero attached hydrogens (tertiary/aromatic N) is 3. The zero-order valence-electron chi connectivity index (χ0n) is 20.1. The van der Waals surface area contributed by atoms with Crippen LogP contribution in [0.2, 0.25) is 0 Å². The molecule has 0 bridgehead atoms. The van der Waals surface area contributed by atoms with Crippen LogP contribution in [0.5, 0.6) is 0 Å². The van der Waals surface area contributed by atoms with Crippen molar-refractivity contribution in [1.29, 1.82) is 0 Å². The summed E-state index contributed by atoms with van der Waals surface area (Å²) in [7, 11) is -3.66. The van der Waals surface area contributed by atoms with Crippen molar-refractivity contribution in [1.82, 2.24) is 19.6 Å². The SMILES string of the molecule is CC(C)c1ccc(S(=O)(=O)NC2CCN(C(c3ccc(C(F)(F)F)cc3)c3cnccn3)CC2)cc1. The first-order valence-corrected chi connectivity index (χ1v) is 13.3. The maximum Gasteiger partial charge on any atom is 0.416 e. The molecule has 1 N–H and O–H groups in total. The molecule has 1 aliphatic heterocycles. The molecule has 192 valence electrons. The second kappa shape index (κ2) is 10.7. The first kappa shape index (κ1) is 26.2. The third kappa shape index (κ3) is 6.11. The predicted octanol–water partition coefficient (Wildman–Crippen LogP) is 5.15. The van der Waals surface area contributed by atoms with Gasteiger partial charge in [-0.25, -0.2) is 13.1 Å². The number of benzene rings is 2. The maximum atomic E-state index is 13.1. The lowest BCUT2D eigenvalue weighted by molar-refractivity contribution is -0.137. The Morgan fingerprint density at radius 1 is 0.944 bits per heavy atom. The highest BCUT2D eigenvalue weighted by Crippen LogP contribution is 2.34. The van der Waals surface area contributed by atoms with Gasteiger partial charge in [0, 0.05) is 31.5 Å². The Labute approximate surface area is 209 Å². The van der Waals surface area contributed by atoms with Gasteiger partial charge in [0.25, 0.3) is 0 Å². The van der Waals surface area contributed by atoms with E-state index in [0.29, 0.717) is 43.1 Å². The molecule has 0 aliphatic carbocycles. The summed E-state index contributed by atoms with van der Waals surface area (Å²) in [5.74, 6) is 0.311. The third-order valence-corrected chi connectivity index (χ3v) is 8.03. The van der Waals surface area contributed by atoms with Gasteiger partial charge in [0.05, 0.1) is 28.4 Å². The summed E-state index contributed by atoms with van der Waals surface area (Å²) < 4.78 is 67.8. The van der Waals surface area contributed by atoms with Crippen LogP contribution in [0.1, 0.15) is 61.0 Å². The van der Waals surface area contributed by atoms with Crippen LogP contribution in [-0.2, 0) is 16.2 Å². The quantitative estimate of drug-likeness (QED) is 0.468. The number of likely N-dealkylation sites (tertiary alicyclic amines) is 1. The summed E-state index contributed by atoms with van der Waals surface area (Å²) in [5, 5.41) is 0. The van der Waals surface area contributed by atoms with Crippen LogP contribution >= 0.6 is 0 Å². The Kier molecular flexibility index (Phi) is 7.77. The second-order valence-electron chi connectivity index (χ2n) is 9.31. The Balaban J connectivity index is 1.47. The summed E-state index contributed by atoms with van der Waals surface area (Å²) in [6.07, 6.45) is 1.41. The Hall–Kier alpha value is -2.82. The normalized spacial score (nSPS) is 16.8. The maximum absolute atomic E-state index is 13.1. The molecule has 1 aromatic heterocycles. The number of halogens is 3. The van der Waals surface area contributed by atoms with E-state index in [1.165, 1.54) is 12.1 Å². The van der Waals surface area contributed by atoms with E-state index in [9.17, 15) is 21.6 Å². The van der Waals surface area contributed by atoms with Gasteiger partial charge in [0.2, 0.25) is 10.0 Å². The fourth-order valence-corrected chi connectivity index (χ4v) is 5.77. The van der Waals surface area contributed by atoms with Gasteiger partial charge < -0.3 is 0 Å². The molecular weight excluding hydrogens is 489 g/mol. The molecule has 4 rings (SSSR count). The molecule has 10 heteroatoms. The summed E-state index contributed by atoms with van der Waals surface area (Å²) in [6.45, 7) is 5.19. The van der Waals surface area contributed by atoms with E-state index in [0.717, 1.165) is 17.7 Å². The van der Waals surface area contributed by atoms with Crippen molar-refractivity contribution in [2.45, 2.75) is 55.8 Å². The molecule has 1 saturated heterocycles. The number of piperidine rings is 1. The van der Waals surface area contributed by atoms with Crippen molar-refractivity contribution in [3.63, 3.8) is 0 Å². The molecule has 2 heterocycles. The monoisotopic (exact) mass is 518 g/mol. The molecule has 6 nitrogen and oxygen atoms in total. The van der Waals surface area contributed by atoms with Crippen LogP contribution in [0.3, 0.4) is 0 Å². The molecule has 1 atom stereocenters. The Morgan fingerprint density at radius 3 is 2.08 bits per heavy atom. The van der Waals surface area contributed by atoms with E-state index >= 15 is 0 Å². The van der Waals surface area contributed by atoms with Gasteiger partial charge in [-0.3, -0.25) is 14.9 Å². The topological polar surface area (TPSA) is 75.2 Å². The van der Waals surface area contributed by atoms with Crippen LogP contribution < -0.4 is 4.72 Å². The van der Waals surface area contributed by atoms with Gasteiger partial charge in [-0.15, -0.1) is 0 Å². The van der Waals surface area contributed by atoms with Gasteiger partial charge in [-0.05, 0) is 54.2 Å². The van der Waals surface area contributed by atoms with Crippen LogP contribution in [0.25, 0.3) is 0 Å². The molecule has 0 spiro atoms. The van der Waals surface area contributed by atoms with Crippen molar-refractivity contribution in [2.24, 2.45) is 0 Å². The summed E-state index contributed by atoms with van der Waals surface area (Å²) in [5.41, 5.74) is 1.66. The number of sulfonamides is 1.